The van der Waals surface area contributed by atoms with Crippen molar-refractivity contribution >= 4 is 5.52 Å². The summed E-state index contributed by atoms with van der Waals surface area (Å²) in [6.45, 7) is 2.07. The molecule has 2 aromatic heterocycles. The van der Waals surface area contributed by atoms with Gasteiger partial charge in [0, 0.05) is 0 Å². The standard InChI is InChI=1S/C16H22N2O/c1-12-7-8-14-10-17-11-18(14)16(12)15(19)9-13-5-3-2-4-6-13/h7-8,10-11,13,15,19H,2-6,9H2,1H3. The zero-order chi connectivity index (χ0) is 13.2. The lowest BCUT2D eigenvalue weighted by Gasteiger charge is -2.25. The second-order valence-electron chi connectivity index (χ2n) is 5.85. The van der Waals surface area contributed by atoms with E-state index in [4.69, 9.17) is 0 Å². The molecule has 0 spiro atoms. The largest absolute Gasteiger partial charge is 0.387 e. The fraction of sp³-hybridized carbons (Fsp3) is 0.562. The third-order valence-corrected chi connectivity index (χ3v) is 4.43. The summed E-state index contributed by atoms with van der Waals surface area (Å²) in [7, 11) is 0. The zero-order valence-electron chi connectivity index (χ0n) is 11.5. The van der Waals surface area contributed by atoms with Crippen LogP contribution in [0.3, 0.4) is 0 Å². The van der Waals surface area contributed by atoms with E-state index in [0.717, 1.165) is 23.2 Å². The van der Waals surface area contributed by atoms with E-state index >= 15 is 0 Å². The summed E-state index contributed by atoms with van der Waals surface area (Å²) in [5.41, 5.74) is 3.22. The quantitative estimate of drug-likeness (QED) is 0.912. The summed E-state index contributed by atoms with van der Waals surface area (Å²) in [6.07, 6.45) is 10.7. The molecule has 1 atom stereocenters. The molecular formula is C16H22N2O. The lowest BCUT2D eigenvalue weighted by atomic mass is 9.84. The first-order chi connectivity index (χ1) is 9.25. The molecular weight excluding hydrogens is 236 g/mol. The van der Waals surface area contributed by atoms with E-state index in [2.05, 4.69) is 24.0 Å². The van der Waals surface area contributed by atoms with Crippen LogP contribution in [0.5, 0.6) is 0 Å². The Morgan fingerprint density at radius 1 is 1.32 bits per heavy atom. The smallest absolute Gasteiger partial charge is 0.0995 e. The molecule has 1 saturated carbocycles. The summed E-state index contributed by atoms with van der Waals surface area (Å²) in [5, 5.41) is 10.6. The maximum absolute atomic E-state index is 10.6. The van der Waals surface area contributed by atoms with Crippen molar-refractivity contribution in [2.75, 3.05) is 0 Å². The SMILES string of the molecule is Cc1ccc2cncn2c1C(O)CC1CCCCC1. The van der Waals surface area contributed by atoms with E-state index < -0.39 is 0 Å². The highest BCUT2D eigenvalue weighted by atomic mass is 16.3. The van der Waals surface area contributed by atoms with Crippen LogP contribution in [0.4, 0.5) is 0 Å². The van der Waals surface area contributed by atoms with Crippen LogP contribution in [0.25, 0.3) is 5.52 Å². The van der Waals surface area contributed by atoms with E-state index in [-0.39, 0.29) is 6.10 Å². The van der Waals surface area contributed by atoms with Gasteiger partial charge in [0.15, 0.2) is 0 Å². The molecule has 3 nitrogen and oxygen atoms in total. The molecule has 2 heterocycles. The molecule has 102 valence electrons. The van der Waals surface area contributed by atoms with Crippen molar-refractivity contribution in [2.45, 2.75) is 51.6 Å². The molecule has 0 aliphatic heterocycles. The fourth-order valence-corrected chi connectivity index (χ4v) is 3.39. The van der Waals surface area contributed by atoms with Crippen molar-refractivity contribution in [2.24, 2.45) is 5.92 Å². The molecule has 1 unspecified atom stereocenters. The molecule has 1 fully saturated rings. The maximum Gasteiger partial charge on any atom is 0.0995 e. The maximum atomic E-state index is 10.6. The second kappa shape index (κ2) is 5.33. The van der Waals surface area contributed by atoms with E-state index in [1.54, 1.807) is 0 Å². The van der Waals surface area contributed by atoms with Gasteiger partial charge < -0.3 is 9.51 Å². The Morgan fingerprint density at radius 3 is 2.89 bits per heavy atom. The van der Waals surface area contributed by atoms with Gasteiger partial charge in [-0.25, -0.2) is 4.98 Å². The number of aryl methyl sites for hydroxylation is 1. The van der Waals surface area contributed by atoms with Gasteiger partial charge in [-0.1, -0.05) is 38.2 Å². The van der Waals surface area contributed by atoms with E-state index in [0.29, 0.717) is 5.92 Å². The predicted molar refractivity (Wildman–Crippen MR) is 76.1 cm³/mol. The number of nitrogens with zero attached hydrogens (tertiary/aromatic N) is 2. The Hall–Kier alpha value is -1.35. The number of fused-ring (bicyclic) bond motifs is 1. The normalized spacial score (nSPS) is 18.8. The van der Waals surface area contributed by atoms with Crippen molar-refractivity contribution in [3.63, 3.8) is 0 Å². The van der Waals surface area contributed by atoms with Gasteiger partial charge in [-0.3, -0.25) is 0 Å². The van der Waals surface area contributed by atoms with E-state index in [9.17, 15) is 5.11 Å². The van der Waals surface area contributed by atoms with Gasteiger partial charge >= 0.3 is 0 Å². The lowest BCUT2D eigenvalue weighted by Crippen LogP contribution is -2.14. The first-order valence-electron chi connectivity index (χ1n) is 7.35. The molecule has 0 amide bonds. The molecule has 0 bridgehead atoms. The van der Waals surface area contributed by atoms with E-state index in [1.807, 2.05) is 16.9 Å². The van der Waals surface area contributed by atoms with Gasteiger partial charge in [0.05, 0.1) is 29.8 Å². The molecule has 0 saturated heterocycles. The molecule has 2 aromatic rings. The Balaban J connectivity index is 1.85. The molecule has 3 heteroatoms. The Bertz CT molecular complexity index is 555. The number of hydrogen-bond donors (Lipinski definition) is 1. The highest BCUT2D eigenvalue weighted by Gasteiger charge is 2.21. The molecule has 1 aliphatic carbocycles. The van der Waals surface area contributed by atoms with Crippen LogP contribution in [-0.4, -0.2) is 14.5 Å². The molecule has 1 aliphatic rings. The summed E-state index contributed by atoms with van der Waals surface area (Å²) < 4.78 is 2.03. The van der Waals surface area contributed by atoms with Crippen molar-refractivity contribution < 1.29 is 5.11 Å². The van der Waals surface area contributed by atoms with Crippen LogP contribution < -0.4 is 0 Å². The summed E-state index contributed by atoms with van der Waals surface area (Å²) in [5.74, 6) is 0.682. The molecule has 0 radical (unpaired) electrons. The van der Waals surface area contributed by atoms with Crippen molar-refractivity contribution in [3.05, 3.63) is 35.9 Å². The minimum Gasteiger partial charge on any atom is -0.387 e. The van der Waals surface area contributed by atoms with Gasteiger partial charge in [-0.15, -0.1) is 0 Å². The summed E-state index contributed by atoms with van der Waals surface area (Å²) in [4.78, 5) is 4.18. The second-order valence-corrected chi connectivity index (χ2v) is 5.85. The zero-order valence-corrected chi connectivity index (χ0v) is 11.5. The highest BCUT2D eigenvalue weighted by molar-refractivity contribution is 5.48. The Morgan fingerprint density at radius 2 is 2.11 bits per heavy atom. The van der Waals surface area contributed by atoms with Gasteiger partial charge in [-0.2, -0.15) is 0 Å². The average Bonchev–Trinajstić information content (AvgIpc) is 2.87. The highest BCUT2D eigenvalue weighted by Crippen LogP contribution is 2.33. The topological polar surface area (TPSA) is 37.5 Å². The fourth-order valence-electron chi connectivity index (χ4n) is 3.39. The predicted octanol–water partition coefficient (Wildman–Crippen LogP) is 3.65. The third kappa shape index (κ3) is 2.52. The van der Waals surface area contributed by atoms with Crippen LogP contribution in [0, 0.1) is 12.8 Å². The number of pyridine rings is 1. The van der Waals surface area contributed by atoms with Crippen LogP contribution in [-0.2, 0) is 0 Å². The minimum absolute atomic E-state index is 0.374. The van der Waals surface area contributed by atoms with Crippen molar-refractivity contribution in [1.82, 2.24) is 9.38 Å². The number of hydrogen-bond acceptors (Lipinski definition) is 2. The molecule has 0 aromatic carbocycles. The first-order valence-corrected chi connectivity index (χ1v) is 7.35. The first kappa shape index (κ1) is 12.7. The van der Waals surface area contributed by atoms with E-state index in [1.165, 1.54) is 32.1 Å². The molecule has 19 heavy (non-hydrogen) atoms. The Kier molecular flexibility index (Phi) is 3.56. The van der Waals surface area contributed by atoms with Crippen LogP contribution in [0.2, 0.25) is 0 Å². The summed E-state index contributed by atoms with van der Waals surface area (Å²) >= 11 is 0. The number of aromatic nitrogens is 2. The van der Waals surface area contributed by atoms with Crippen molar-refractivity contribution in [1.29, 1.82) is 0 Å². The van der Waals surface area contributed by atoms with Gasteiger partial charge in [0.1, 0.15) is 0 Å². The number of imidazole rings is 1. The number of rotatable bonds is 3. The molecule has 3 rings (SSSR count). The average molecular weight is 258 g/mol. The van der Waals surface area contributed by atoms with Crippen LogP contribution >= 0.6 is 0 Å². The third-order valence-electron chi connectivity index (χ3n) is 4.43. The minimum atomic E-state index is -0.374. The van der Waals surface area contributed by atoms with Crippen molar-refractivity contribution in [3.8, 4) is 0 Å². The van der Waals surface area contributed by atoms with Crippen LogP contribution in [0.15, 0.2) is 24.7 Å². The van der Waals surface area contributed by atoms with Gasteiger partial charge in [0.2, 0.25) is 0 Å². The lowest BCUT2D eigenvalue weighted by molar-refractivity contribution is 0.125. The Labute approximate surface area is 114 Å². The molecule has 1 N–H and O–H groups in total. The number of aliphatic hydroxyl groups is 1. The summed E-state index contributed by atoms with van der Waals surface area (Å²) in [6, 6.07) is 4.13. The van der Waals surface area contributed by atoms with Gasteiger partial charge in [0.25, 0.3) is 0 Å². The monoisotopic (exact) mass is 258 g/mol. The number of aliphatic hydroxyl groups excluding tert-OH is 1. The van der Waals surface area contributed by atoms with Gasteiger partial charge in [-0.05, 0) is 30.9 Å². The van der Waals surface area contributed by atoms with Crippen LogP contribution in [0.1, 0.15) is 55.9 Å².